The van der Waals surface area contributed by atoms with Crippen LogP contribution in [0.3, 0.4) is 0 Å². The Hall–Kier alpha value is -4.19. The molecule has 12 heteroatoms. The maximum atomic E-state index is 13.5. The fraction of sp³-hybridized carbons (Fsp3) is 0.452. The molecule has 43 heavy (non-hydrogen) atoms. The highest BCUT2D eigenvalue weighted by atomic mass is 32.1. The Kier molecular flexibility index (Phi) is 9.90. The van der Waals surface area contributed by atoms with Gasteiger partial charge in [-0.25, -0.2) is 9.78 Å². The minimum atomic E-state index is -1.36. The average Bonchev–Trinajstić information content (AvgIpc) is 3.71. The number of ether oxygens (including phenoxy) is 1. The standard InChI is InChI=1S/C31H40N6O5S/c1-30(2,3)42-29(41)35-31(4,5)28(40)33-23(16-21-13-15-43-19-21)27(39)34-26-17-36(20-32-26)25(18-38)24-12-9-14-37(24)22-10-7-6-8-11-22/h6-8,10-11,13,15,17-20,23-25H,9,12,14,16H2,1-5H3,(H,33,40)(H,34,39)(H,35,41)/t23-,24?,25?/m1/s1. The predicted octanol–water partition coefficient (Wildman–Crippen LogP) is 4.32. The number of hydrogen-bond acceptors (Lipinski definition) is 8. The number of imidazole rings is 1. The number of rotatable bonds is 11. The maximum Gasteiger partial charge on any atom is 0.408 e. The second kappa shape index (κ2) is 13.4. The molecule has 2 aromatic heterocycles. The van der Waals surface area contributed by atoms with Gasteiger partial charge in [0.05, 0.1) is 12.4 Å². The summed E-state index contributed by atoms with van der Waals surface area (Å²) in [6.45, 7) is 9.11. The van der Waals surface area contributed by atoms with Gasteiger partial charge in [-0.15, -0.1) is 0 Å². The van der Waals surface area contributed by atoms with Gasteiger partial charge in [0, 0.05) is 24.8 Å². The summed E-state index contributed by atoms with van der Waals surface area (Å²) in [5, 5.41) is 11.9. The molecule has 1 fully saturated rings. The molecule has 0 spiro atoms. The molecule has 0 radical (unpaired) electrons. The molecule has 0 bridgehead atoms. The number of thiophene rings is 1. The van der Waals surface area contributed by atoms with Crippen molar-refractivity contribution >= 4 is 47.0 Å². The SMILES string of the molecule is CC(C)(C)OC(=O)NC(C)(C)C(=O)N[C@H](Cc1ccsc1)C(=O)Nc1cn(C(C=O)C2CCCN2c2ccccc2)cn1. The van der Waals surface area contributed by atoms with Crippen LogP contribution in [0, 0.1) is 0 Å². The fourth-order valence-corrected chi connectivity index (χ4v) is 5.71. The first-order chi connectivity index (χ1) is 20.4. The third-order valence-electron chi connectivity index (χ3n) is 7.14. The van der Waals surface area contributed by atoms with Crippen molar-refractivity contribution in [1.29, 1.82) is 0 Å². The van der Waals surface area contributed by atoms with Crippen LogP contribution in [-0.2, 0) is 25.5 Å². The lowest BCUT2D eigenvalue weighted by Gasteiger charge is -2.31. The Morgan fingerprint density at radius 3 is 2.53 bits per heavy atom. The number of amides is 3. The Morgan fingerprint density at radius 1 is 1.14 bits per heavy atom. The van der Waals surface area contributed by atoms with Gasteiger partial charge in [0.1, 0.15) is 29.5 Å². The van der Waals surface area contributed by atoms with Crippen molar-refractivity contribution in [2.24, 2.45) is 0 Å². The molecule has 230 valence electrons. The molecule has 3 atom stereocenters. The van der Waals surface area contributed by atoms with Gasteiger partial charge >= 0.3 is 6.09 Å². The summed E-state index contributed by atoms with van der Waals surface area (Å²) < 4.78 is 7.01. The second-order valence-corrected chi connectivity index (χ2v) is 13.0. The Balaban J connectivity index is 1.46. The van der Waals surface area contributed by atoms with Crippen LogP contribution in [0.25, 0.3) is 0 Å². The summed E-state index contributed by atoms with van der Waals surface area (Å²) in [4.78, 5) is 58.0. The van der Waals surface area contributed by atoms with Crippen molar-refractivity contribution in [3.63, 3.8) is 0 Å². The molecule has 3 amide bonds. The first kappa shape index (κ1) is 31.7. The average molecular weight is 609 g/mol. The molecule has 0 saturated carbocycles. The van der Waals surface area contributed by atoms with E-state index in [0.29, 0.717) is 0 Å². The lowest BCUT2D eigenvalue weighted by atomic mass is 10.0. The molecule has 3 heterocycles. The van der Waals surface area contributed by atoms with Gasteiger partial charge in [0.2, 0.25) is 11.8 Å². The van der Waals surface area contributed by atoms with E-state index in [1.165, 1.54) is 31.5 Å². The minimum Gasteiger partial charge on any atom is -0.444 e. The molecule has 3 N–H and O–H groups in total. The number of alkyl carbamates (subject to hydrolysis) is 1. The van der Waals surface area contributed by atoms with Gasteiger partial charge in [-0.05, 0) is 82.0 Å². The van der Waals surface area contributed by atoms with Gasteiger partial charge in [-0.1, -0.05) is 18.2 Å². The molecule has 1 aromatic carbocycles. The lowest BCUT2D eigenvalue weighted by Crippen LogP contribution is -2.59. The van der Waals surface area contributed by atoms with E-state index in [9.17, 15) is 19.2 Å². The third kappa shape index (κ3) is 8.44. The molecular weight excluding hydrogens is 568 g/mol. The van der Waals surface area contributed by atoms with E-state index >= 15 is 0 Å². The van der Waals surface area contributed by atoms with Crippen LogP contribution in [0.1, 0.15) is 59.1 Å². The summed E-state index contributed by atoms with van der Waals surface area (Å²) in [5.74, 6) is -0.772. The summed E-state index contributed by atoms with van der Waals surface area (Å²) in [6.07, 6.45) is 5.39. The Morgan fingerprint density at radius 2 is 1.88 bits per heavy atom. The number of nitrogens with zero attached hydrogens (tertiary/aromatic N) is 3. The smallest absolute Gasteiger partial charge is 0.408 e. The van der Waals surface area contributed by atoms with Gasteiger partial charge in [0.15, 0.2) is 5.82 Å². The monoisotopic (exact) mass is 608 g/mol. The predicted molar refractivity (Wildman–Crippen MR) is 166 cm³/mol. The number of carbonyl (C=O) groups excluding carboxylic acids is 4. The van der Waals surface area contributed by atoms with E-state index in [-0.39, 0.29) is 18.3 Å². The van der Waals surface area contributed by atoms with Crippen molar-refractivity contribution in [3.05, 3.63) is 65.2 Å². The molecule has 4 rings (SSSR count). The Labute approximate surface area is 256 Å². The normalized spacial score (nSPS) is 16.7. The van der Waals surface area contributed by atoms with Gasteiger partial charge < -0.3 is 34.9 Å². The maximum absolute atomic E-state index is 13.5. The summed E-state index contributed by atoms with van der Waals surface area (Å²) in [7, 11) is 0. The zero-order valence-corrected chi connectivity index (χ0v) is 26.0. The lowest BCUT2D eigenvalue weighted by molar-refractivity contribution is -0.130. The molecule has 0 aliphatic carbocycles. The van der Waals surface area contributed by atoms with Gasteiger partial charge in [-0.3, -0.25) is 9.59 Å². The number of hydrogen-bond donors (Lipinski definition) is 3. The van der Waals surface area contributed by atoms with Gasteiger partial charge in [0.25, 0.3) is 0 Å². The summed E-state index contributed by atoms with van der Waals surface area (Å²) in [6, 6.07) is 10.4. The molecule has 11 nitrogen and oxygen atoms in total. The molecule has 2 unspecified atom stereocenters. The largest absolute Gasteiger partial charge is 0.444 e. The van der Waals surface area contributed by atoms with Crippen molar-refractivity contribution in [1.82, 2.24) is 20.2 Å². The van der Waals surface area contributed by atoms with Crippen molar-refractivity contribution < 1.29 is 23.9 Å². The highest BCUT2D eigenvalue weighted by Crippen LogP contribution is 2.31. The van der Waals surface area contributed by atoms with Crippen LogP contribution in [0.5, 0.6) is 0 Å². The van der Waals surface area contributed by atoms with Crippen LogP contribution in [0.2, 0.25) is 0 Å². The molecule has 3 aromatic rings. The number of aldehydes is 1. The zero-order valence-electron chi connectivity index (χ0n) is 25.2. The van der Waals surface area contributed by atoms with E-state index in [0.717, 1.165) is 36.9 Å². The highest BCUT2D eigenvalue weighted by molar-refractivity contribution is 7.07. The zero-order chi connectivity index (χ0) is 31.2. The summed E-state index contributed by atoms with van der Waals surface area (Å²) >= 11 is 1.48. The number of para-hydroxylation sites is 1. The quantitative estimate of drug-likeness (QED) is 0.276. The van der Waals surface area contributed by atoms with Crippen LogP contribution in [0.15, 0.2) is 59.7 Å². The first-order valence-electron chi connectivity index (χ1n) is 14.3. The van der Waals surface area contributed by atoms with Crippen molar-refractivity contribution in [2.45, 2.75) is 83.1 Å². The van der Waals surface area contributed by atoms with Crippen molar-refractivity contribution in [2.75, 3.05) is 16.8 Å². The van der Waals surface area contributed by atoms with Crippen LogP contribution >= 0.6 is 11.3 Å². The molecule has 1 aliphatic heterocycles. The van der Waals surface area contributed by atoms with Gasteiger partial charge in [-0.2, -0.15) is 11.3 Å². The molecule has 1 saturated heterocycles. The van der Waals surface area contributed by atoms with Crippen LogP contribution in [-0.4, -0.2) is 63.5 Å². The van der Waals surface area contributed by atoms with E-state index in [1.807, 2.05) is 47.2 Å². The number of carbonyl (C=O) groups is 4. The van der Waals surface area contributed by atoms with Crippen molar-refractivity contribution in [3.8, 4) is 0 Å². The topological polar surface area (TPSA) is 135 Å². The second-order valence-electron chi connectivity index (χ2n) is 12.2. The number of nitrogens with one attached hydrogen (secondary N) is 3. The number of benzene rings is 1. The Bertz CT molecular complexity index is 1400. The number of aromatic nitrogens is 2. The molecule has 1 aliphatic rings. The van der Waals surface area contributed by atoms with E-state index in [2.05, 4.69) is 25.8 Å². The third-order valence-corrected chi connectivity index (χ3v) is 7.87. The molecular formula is C31H40N6O5S. The number of anilines is 2. The first-order valence-corrected chi connectivity index (χ1v) is 15.2. The minimum absolute atomic E-state index is 0.0528. The summed E-state index contributed by atoms with van der Waals surface area (Å²) in [5.41, 5.74) is -0.166. The fourth-order valence-electron chi connectivity index (χ4n) is 5.03. The van der Waals surface area contributed by atoms with Crippen LogP contribution in [0.4, 0.5) is 16.3 Å². The van der Waals surface area contributed by atoms with E-state index in [1.54, 1.807) is 31.5 Å². The van der Waals surface area contributed by atoms with Crippen LogP contribution < -0.4 is 20.9 Å². The van der Waals surface area contributed by atoms with E-state index < -0.39 is 41.1 Å². The van der Waals surface area contributed by atoms with E-state index in [4.69, 9.17) is 4.74 Å². The highest BCUT2D eigenvalue weighted by Gasteiger charge is 2.35.